The zero-order valence-corrected chi connectivity index (χ0v) is 14.5. The SMILES string of the molecule is CCCn1cc(S(=O)(=O)N2CC[C@]3(CCCN(C)C3=O)C2)cn1. The minimum absolute atomic E-state index is 0.0862. The van der Waals surface area contributed by atoms with Crippen molar-refractivity contribution in [3.05, 3.63) is 12.4 Å². The molecule has 2 fully saturated rings. The van der Waals surface area contributed by atoms with Gasteiger partial charge in [0.1, 0.15) is 4.90 Å². The van der Waals surface area contributed by atoms with E-state index in [0.29, 0.717) is 19.5 Å². The lowest BCUT2D eigenvalue weighted by atomic mass is 9.78. The Hall–Kier alpha value is -1.41. The van der Waals surface area contributed by atoms with Crippen LogP contribution in [0.2, 0.25) is 0 Å². The molecular formula is C15H24N4O3S. The first-order valence-electron chi connectivity index (χ1n) is 8.17. The van der Waals surface area contributed by atoms with Crippen LogP contribution in [-0.4, -0.2) is 60.0 Å². The summed E-state index contributed by atoms with van der Waals surface area (Å²) in [5.74, 6) is 0.0862. The summed E-state index contributed by atoms with van der Waals surface area (Å²) in [4.78, 5) is 14.5. The molecule has 2 aliphatic rings. The van der Waals surface area contributed by atoms with Crippen LogP contribution in [0, 0.1) is 5.41 Å². The lowest BCUT2D eigenvalue weighted by Crippen LogP contribution is -2.48. The number of carbonyl (C=O) groups is 1. The second-order valence-electron chi connectivity index (χ2n) is 6.64. The molecule has 3 rings (SSSR count). The van der Waals surface area contributed by atoms with E-state index in [4.69, 9.17) is 0 Å². The van der Waals surface area contributed by atoms with Gasteiger partial charge in [-0.25, -0.2) is 8.42 Å². The van der Waals surface area contributed by atoms with Crippen molar-refractivity contribution in [2.24, 2.45) is 5.41 Å². The Morgan fingerprint density at radius 1 is 1.30 bits per heavy atom. The topological polar surface area (TPSA) is 75.5 Å². The summed E-state index contributed by atoms with van der Waals surface area (Å²) in [6, 6.07) is 0. The third-order valence-corrected chi connectivity index (χ3v) is 6.77. The van der Waals surface area contributed by atoms with Gasteiger partial charge < -0.3 is 4.90 Å². The summed E-state index contributed by atoms with van der Waals surface area (Å²) >= 11 is 0. The highest BCUT2D eigenvalue weighted by Crippen LogP contribution is 2.41. The standard InChI is InChI=1S/C15H24N4O3S/c1-3-7-18-11-13(10-16-18)23(21,22)19-9-6-15(12-19)5-4-8-17(2)14(15)20/h10-11H,3-9,12H2,1-2H3/t15-/m1/s1. The summed E-state index contributed by atoms with van der Waals surface area (Å²) in [6.07, 6.45) is 6.21. The molecule has 7 nitrogen and oxygen atoms in total. The van der Waals surface area contributed by atoms with E-state index in [2.05, 4.69) is 5.10 Å². The molecule has 3 heterocycles. The van der Waals surface area contributed by atoms with Gasteiger partial charge in [0, 0.05) is 39.4 Å². The van der Waals surface area contributed by atoms with Gasteiger partial charge in [-0.15, -0.1) is 0 Å². The molecule has 0 saturated carbocycles. The maximum Gasteiger partial charge on any atom is 0.246 e. The van der Waals surface area contributed by atoms with Crippen LogP contribution >= 0.6 is 0 Å². The van der Waals surface area contributed by atoms with E-state index in [1.54, 1.807) is 22.8 Å². The Kier molecular flexibility index (Phi) is 4.22. The average molecular weight is 340 g/mol. The maximum atomic E-state index is 12.8. The molecule has 23 heavy (non-hydrogen) atoms. The second kappa shape index (κ2) is 5.90. The first-order valence-corrected chi connectivity index (χ1v) is 9.61. The highest BCUT2D eigenvalue weighted by molar-refractivity contribution is 7.89. The Morgan fingerprint density at radius 2 is 2.09 bits per heavy atom. The quantitative estimate of drug-likeness (QED) is 0.817. The summed E-state index contributed by atoms with van der Waals surface area (Å²) in [6.45, 7) is 4.17. The number of likely N-dealkylation sites (tertiary alicyclic amines) is 1. The molecule has 1 atom stereocenters. The largest absolute Gasteiger partial charge is 0.345 e. The van der Waals surface area contributed by atoms with Gasteiger partial charge in [0.2, 0.25) is 15.9 Å². The van der Waals surface area contributed by atoms with E-state index in [0.717, 1.165) is 25.8 Å². The van der Waals surface area contributed by atoms with Crippen LogP contribution in [0.25, 0.3) is 0 Å². The number of hydrogen-bond donors (Lipinski definition) is 0. The normalized spacial score (nSPS) is 26.3. The fourth-order valence-electron chi connectivity index (χ4n) is 3.66. The van der Waals surface area contributed by atoms with Crippen molar-refractivity contribution in [3.63, 3.8) is 0 Å². The Bertz CT molecular complexity index is 699. The van der Waals surface area contributed by atoms with Crippen molar-refractivity contribution in [1.82, 2.24) is 19.0 Å². The van der Waals surface area contributed by atoms with Gasteiger partial charge in [-0.1, -0.05) is 6.92 Å². The van der Waals surface area contributed by atoms with Gasteiger partial charge >= 0.3 is 0 Å². The Balaban J connectivity index is 1.81. The molecular weight excluding hydrogens is 316 g/mol. The minimum atomic E-state index is -3.57. The maximum absolute atomic E-state index is 12.8. The average Bonchev–Trinajstić information content (AvgIpc) is 3.14. The van der Waals surface area contributed by atoms with Crippen LogP contribution in [0.4, 0.5) is 0 Å². The third kappa shape index (κ3) is 2.78. The predicted octanol–water partition coefficient (Wildman–Crippen LogP) is 0.926. The molecule has 0 radical (unpaired) electrons. The summed E-state index contributed by atoms with van der Waals surface area (Å²) < 4.78 is 28.7. The van der Waals surface area contributed by atoms with E-state index in [1.165, 1.54) is 10.5 Å². The second-order valence-corrected chi connectivity index (χ2v) is 8.58. The molecule has 1 amide bonds. The van der Waals surface area contributed by atoms with E-state index in [9.17, 15) is 13.2 Å². The lowest BCUT2D eigenvalue weighted by Gasteiger charge is -2.37. The molecule has 0 N–H and O–H groups in total. The van der Waals surface area contributed by atoms with Crippen molar-refractivity contribution < 1.29 is 13.2 Å². The smallest absolute Gasteiger partial charge is 0.246 e. The molecule has 8 heteroatoms. The molecule has 1 aromatic rings. The van der Waals surface area contributed by atoms with Gasteiger partial charge in [-0.3, -0.25) is 9.48 Å². The number of amides is 1. The lowest BCUT2D eigenvalue weighted by molar-refractivity contribution is -0.143. The van der Waals surface area contributed by atoms with Crippen LogP contribution in [-0.2, 0) is 21.4 Å². The highest BCUT2D eigenvalue weighted by atomic mass is 32.2. The van der Waals surface area contributed by atoms with Crippen LogP contribution < -0.4 is 0 Å². The number of carbonyl (C=O) groups excluding carboxylic acids is 1. The van der Waals surface area contributed by atoms with Crippen molar-refractivity contribution >= 4 is 15.9 Å². The molecule has 0 aliphatic carbocycles. The summed E-state index contributed by atoms with van der Waals surface area (Å²) in [7, 11) is -1.77. The van der Waals surface area contributed by atoms with E-state index >= 15 is 0 Å². The number of piperidine rings is 1. The van der Waals surface area contributed by atoms with Crippen molar-refractivity contribution in [2.75, 3.05) is 26.7 Å². The number of rotatable bonds is 4. The molecule has 128 valence electrons. The molecule has 1 aromatic heterocycles. The Labute approximate surface area is 137 Å². The van der Waals surface area contributed by atoms with Crippen molar-refractivity contribution in [1.29, 1.82) is 0 Å². The van der Waals surface area contributed by atoms with Crippen LogP contribution in [0.3, 0.4) is 0 Å². The zero-order chi connectivity index (χ0) is 16.7. The fourth-order valence-corrected chi connectivity index (χ4v) is 5.15. The third-order valence-electron chi connectivity index (χ3n) is 4.97. The van der Waals surface area contributed by atoms with Crippen LogP contribution in [0.1, 0.15) is 32.6 Å². The van der Waals surface area contributed by atoms with Gasteiger partial charge in [-0.2, -0.15) is 9.40 Å². The molecule has 0 unspecified atom stereocenters. The number of hydrogen-bond acceptors (Lipinski definition) is 4. The van der Waals surface area contributed by atoms with Crippen molar-refractivity contribution in [3.8, 4) is 0 Å². The summed E-state index contributed by atoms with van der Waals surface area (Å²) in [5, 5.41) is 4.11. The number of aromatic nitrogens is 2. The highest BCUT2D eigenvalue weighted by Gasteiger charge is 2.50. The van der Waals surface area contributed by atoms with E-state index in [1.807, 2.05) is 6.92 Å². The first kappa shape index (κ1) is 16.4. The van der Waals surface area contributed by atoms with E-state index < -0.39 is 15.4 Å². The monoisotopic (exact) mass is 340 g/mol. The van der Waals surface area contributed by atoms with Crippen LogP contribution in [0.5, 0.6) is 0 Å². The number of aryl methyl sites for hydroxylation is 1. The molecule has 1 spiro atoms. The van der Waals surface area contributed by atoms with Gasteiger partial charge in [-0.05, 0) is 25.7 Å². The first-order chi connectivity index (χ1) is 10.9. The minimum Gasteiger partial charge on any atom is -0.345 e. The number of sulfonamides is 1. The fraction of sp³-hybridized carbons (Fsp3) is 0.733. The predicted molar refractivity (Wildman–Crippen MR) is 85.2 cm³/mol. The molecule has 0 aromatic carbocycles. The van der Waals surface area contributed by atoms with Crippen LogP contribution in [0.15, 0.2) is 17.3 Å². The molecule has 0 bridgehead atoms. The summed E-state index contributed by atoms with van der Waals surface area (Å²) in [5.41, 5.74) is -0.528. The van der Waals surface area contributed by atoms with E-state index in [-0.39, 0.29) is 17.3 Å². The van der Waals surface area contributed by atoms with Crippen molar-refractivity contribution in [2.45, 2.75) is 44.0 Å². The van der Waals surface area contributed by atoms with Gasteiger partial charge in [0.15, 0.2) is 0 Å². The Morgan fingerprint density at radius 3 is 2.83 bits per heavy atom. The molecule has 2 saturated heterocycles. The van der Waals surface area contributed by atoms with Gasteiger partial charge in [0.05, 0.1) is 11.6 Å². The molecule has 2 aliphatic heterocycles. The van der Waals surface area contributed by atoms with Gasteiger partial charge in [0.25, 0.3) is 0 Å². The number of nitrogens with zero attached hydrogens (tertiary/aromatic N) is 4. The zero-order valence-electron chi connectivity index (χ0n) is 13.7.